The smallest absolute Gasteiger partial charge is 0.262 e. The Labute approximate surface area is 120 Å². The molecule has 0 aromatic heterocycles. The minimum atomic E-state index is -0.238. The van der Waals surface area contributed by atoms with Crippen LogP contribution in [0.5, 0.6) is 0 Å². The van der Waals surface area contributed by atoms with Gasteiger partial charge in [-0.25, -0.2) is 0 Å². The second kappa shape index (κ2) is 5.35. The molecule has 2 aromatic rings. The molecule has 3 rings (SSSR count). The highest BCUT2D eigenvalue weighted by Gasteiger charge is 2.21. The summed E-state index contributed by atoms with van der Waals surface area (Å²) in [5, 5.41) is 2.79. The average Bonchev–Trinajstić information content (AvgIpc) is 2.49. The molecule has 0 radical (unpaired) electrons. The van der Waals surface area contributed by atoms with Crippen LogP contribution in [0.1, 0.15) is 10.4 Å². The third-order valence-electron chi connectivity index (χ3n) is 2.90. The number of ketones is 1. The predicted octanol–water partition coefficient (Wildman–Crippen LogP) is 3.50. The van der Waals surface area contributed by atoms with E-state index in [0.717, 1.165) is 10.6 Å². The number of anilines is 1. The van der Waals surface area contributed by atoms with Crippen LogP contribution in [0, 0.1) is 0 Å². The maximum atomic E-state index is 12.1. The molecule has 2 aromatic carbocycles. The lowest BCUT2D eigenvalue weighted by Crippen LogP contribution is -2.18. The molecule has 0 saturated heterocycles. The van der Waals surface area contributed by atoms with E-state index in [9.17, 15) is 9.59 Å². The Hall–Kier alpha value is -2.33. The normalized spacial score (nSPS) is 15.6. The standard InChI is InChI=1S/C16H11NO2S/c18-13(11-6-2-1-3-7-11)10-15-16(19)17-12-8-4-5-9-14(12)20-15/h1-10H,(H,17,19). The minimum Gasteiger partial charge on any atom is -0.320 e. The number of carbonyl (C=O) groups excluding carboxylic acids is 2. The number of carbonyl (C=O) groups is 2. The van der Waals surface area contributed by atoms with Gasteiger partial charge in [-0.1, -0.05) is 54.2 Å². The zero-order chi connectivity index (χ0) is 13.9. The third kappa shape index (κ3) is 2.51. The maximum absolute atomic E-state index is 12.1. The number of rotatable bonds is 2. The highest BCUT2D eigenvalue weighted by atomic mass is 32.2. The van der Waals surface area contributed by atoms with Gasteiger partial charge >= 0.3 is 0 Å². The number of hydrogen-bond donors (Lipinski definition) is 1. The summed E-state index contributed by atoms with van der Waals surface area (Å²) >= 11 is 1.32. The Morgan fingerprint density at radius 2 is 1.70 bits per heavy atom. The quantitative estimate of drug-likeness (QED) is 0.677. The molecule has 1 aliphatic rings. The second-order valence-corrected chi connectivity index (χ2v) is 5.37. The molecule has 4 heteroatoms. The van der Waals surface area contributed by atoms with Crippen LogP contribution in [0.15, 0.2) is 70.5 Å². The van der Waals surface area contributed by atoms with Gasteiger partial charge in [0.1, 0.15) is 0 Å². The summed E-state index contributed by atoms with van der Waals surface area (Å²) in [6.07, 6.45) is 1.39. The molecule has 98 valence electrons. The summed E-state index contributed by atoms with van der Waals surface area (Å²) in [5.74, 6) is -0.402. The Balaban J connectivity index is 1.90. The van der Waals surface area contributed by atoms with Crippen molar-refractivity contribution in [1.29, 1.82) is 0 Å². The number of benzene rings is 2. The number of fused-ring (bicyclic) bond motifs is 1. The van der Waals surface area contributed by atoms with Crippen molar-refractivity contribution in [1.82, 2.24) is 0 Å². The van der Waals surface area contributed by atoms with Crippen LogP contribution in [0.25, 0.3) is 0 Å². The molecule has 1 amide bonds. The number of nitrogens with one attached hydrogen (secondary N) is 1. The molecular formula is C16H11NO2S. The van der Waals surface area contributed by atoms with Crippen molar-refractivity contribution in [2.75, 3.05) is 5.32 Å². The van der Waals surface area contributed by atoms with Crippen LogP contribution in [0.4, 0.5) is 5.69 Å². The van der Waals surface area contributed by atoms with Crippen LogP contribution >= 0.6 is 11.8 Å². The Morgan fingerprint density at radius 3 is 2.50 bits per heavy atom. The van der Waals surface area contributed by atoms with Gasteiger partial charge in [-0.05, 0) is 12.1 Å². The summed E-state index contributed by atoms with van der Waals surface area (Å²) in [5.41, 5.74) is 1.36. The van der Waals surface area contributed by atoms with E-state index in [1.807, 2.05) is 30.3 Å². The van der Waals surface area contributed by atoms with E-state index in [-0.39, 0.29) is 11.7 Å². The van der Waals surface area contributed by atoms with Crippen LogP contribution < -0.4 is 5.32 Å². The van der Waals surface area contributed by atoms with Gasteiger partial charge in [-0.2, -0.15) is 0 Å². The number of hydrogen-bond acceptors (Lipinski definition) is 3. The molecule has 0 saturated carbocycles. The van der Waals surface area contributed by atoms with E-state index in [0.29, 0.717) is 10.5 Å². The molecule has 3 nitrogen and oxygen atoms in total. The Morgan fingerprint density at radius 1 is 1.00 bits per heavy atom. The SMILES string of the molecule is O=C1Nc2ccccc2SC1=CC(=O)c1ccccc1. The average molecular weight is 281 g/mol. The molecule has 0 bridgehead atoms. The molecule has 0 spiro atoms. The summed E-state index contributed by atoms with van der Waals surface area (Å²) in [7, 11) is 0. The second-order valence-electron chi connectivity index (χ2n) is 4.29. The monoisotopic (exact) mass is 281 g/mol. The fourth-order valence-electron chi connectivity index (χ4n) is 1.91. The first-order valence-electron chi connectivity index (χ1n) is 6.13. The molecular weight excluding hydrogens is 270 g/mol. The summed E-state index contributed by atoms with van der Waals surface area (Å²) in [6.45, 7) is 0. The summed E-state index contributed by atoms with van der Waals surface area (Å²) < 4.78 is 0. The van der Waals surface area contributed by atoms with Crippen molar-refractivity contribution in [3.05, 3.63) is 71.1 Å². The number of para-hydroxylation sites is 1. The van der Waals surface area contributed by atoms with Crippen molar-refractivity contribution < 1.29 is 9.59 Å². The highest BCUT2D eigenvalue weighted by molar-refractivity contribution is 8.04. The van der Waals surface area contributed by atoms with E-state index in [1.165, 1.54) is 17.8 Å². The van der Waals surface area contributed by atoms with Gasteiger partial charge < -0.3 is 5.32 Å². The van der Waals surface area contributed by atoms with E-state index >= 15 is 0 Å². The van der Waals surface area contributed by atoms with Gasteiger partial charge in [0.05, 0.1) is 10.6 Å². The molecule has 0 fully saturated rings. The lowest BCUT2D eigenvalue weighted by molar-refractivity contribution is -0.112. The molecule has 20 heavy (non-hydrogen) atoms. The van der Waals surface area contributed by atoms with E-state index in [1.54, 1.807) is 24.3 Å². The molecule has 0 aliphatic carbocycles. The van der Waals surface area contributed by atoms with Gasteiger partial charge in [0.25, 0.3) is 5.91 Å². The number of thioether (sulfide) groups is 1. The van der Waals surface area contributed by atoms with E-state index < -0.39 is 0 Å². The fourth-order valence-corrected chi connectivity index (χ4v) is 2.83. The first-order valence-corrected chi connectivity index (χ1v) is 6.95. The highest BCUT2D eigenvalue weighted by Crippen LogP contribution is 2.37. The lowest BCUT2D eigenvalue weighted by atomic mass is 10.1. The van der Waals surface area contributed by atoms with Crippen molar-refractivity contribution in [3.8, 4) is 0 Å². The summed E-state index contributed by atoms with van der Waals surface area (Å²) in [4.78, 5) is 25.4. The van der Waals surface area contributed by atoms with E-state index in [2.05, 4.69) is 5.32 Å². The van der Waals surface area contributed by atoms with Gasteiger partial charge in [-0.15, -0.1) is 0 Å². The maximum Gasteiger partial charge on any atom is 0.262 e. The molecule has 0 unspecified atom stereocenters. The van der Waals surface area contributed by atoms with Crippen molar-refractivity contribution in [2.24, 2.45) is 0 Å². The largest absolute Gasteiger partial charge is 0.320 e. The predicted molar refractivity (Wildman–Crippen MR) is 79.8 cm³/mol. The first kappa shape index (κ1) is 12.7. The van der Waals surface area contributed by atoms with Crippen LogP contribution in [-0.4, -0.2) is 11.7 Å². The fraction of sp³-hybridized carbons (Fsp3) is 0. The van der Waals surface area contributed by atoms with Crippen molar-refractivity contribution >= 4 is 29.1 Å². The first-order chi connectivity index (χ1) is 9.74. The molecule has 0 atom stereocenters. The number of amides is 1. The zero-order valence-corrected chi connectivity index (χ0v) is 11.3. The molecule has 1 heterocycles. The lowest BCUT2D eigenvalue weighted by Gasteiger charge is -2.17. The zero-order valence-electron chi connectivity index (χ0n) is 10.5. The van der Waals surface area contributed by atoms with Gasteiger partial charge in [0.2, 0.25) is 0 Å². The van der Waals surface area contributed by atoms with Gasteiger partial charge in [0, 0.05) is 16.5 Å². The van der Waals surface area contributed by atoms with Crippen molar-refractivity contribution in [3.63, 3.8) is 0 Å². The van der Waals surface area contributed by atoms with Crippen LogP contribution in [0.3, 0.4) is 0 Å². The van der Waals surface area contributed by atoms with Gasteiger partial charge in [0.15, 0.2) is 5.78 Å². The Bertz CT molecular complexity index is 707. The minimum absolute atomic E-state index is 0.164. The van der Waals surface area contributed by atoms with Crippen molar-refractivity contribution in [2.45, 2.75) is 4.90 Å². The molecule has 1 aliphatic heterocycles. The Kier molecular flexibility index (Phi) is 3.39. The molecule has 1 N–H and O–H groups in total. The third-order valence-corrected chi connectivity index (χ3v) is 4.00. The summed E-state index contributed by atoms with van der Waals surface area (Å²) in [6, 6.07) is 16.4. The van der Waals surface area contributed by atoms with Crippen LogP contribution in [-0.2, 0) is 4.79 Å². The van der Waals surface area contributed by atoms with E-state index in [4.69, 9.17) is 0 Å². The van der Waals surface area contributed by atoms with Crippen LogP contribution in [0.2, 0.25) is 0 Å². The topological polar surface area (TPSA) is 46.2 Å². The van der Waals surface area contributed by atoms with Gasteiger partial charge in [-0.3, -0.25) is 9.59 Å². The number of allylic oxidation sites excluding steroid dienone is 1.